The van der Waals surface area contributed by atoms with Crippen molar-refractivity contribution < 1.29 is 41.8 Å². The van der Waals surface area contributed by atoms with Gasteiger partial charge in [-0.2, -0.15) is 0 Å². The molecule has 2 aromatic rings. The first-order valence-corrected chi connectivity index (χ1v) is 22.8. The molecule has 2 aromatic carbocycles. The van der Waals surface area contributed by atoms with Crippen LogP contribution in [0.3, 0.4) is 0 Å². The van der Waals surface area contributed by atoms with Gasteiger partial charge in [0.25, 0.3) is 6.47 Å². The van der Waals surface area contributed by atoms with Crippen molar-refractivity contribution in [3.05, 3.63) is 66.5 Å². The summed E-state index contributed by atoms with van der Waals surface area (Å²) in [6.45, 7) is 27.6. The molecule has 13 nitrogen and oxygen atoms in total. The molecule has 3 saturated heterocycles. The van der Waals surface area contributed by atoms with Gasteiger partial charge in [-0.15, -0.1) is 13.2 Å². The predicted octanol–water partition coefficient (Wildman–Crippen LogP) is 8.98. The maximum atomic E-state index is 13.6. The molecule has 0 radical (unpaired) electrons. The summed E-state index contributed by atoms with van der Waals surface area (Å²) in [6, 6.07) is 11.2. The third kappa shape index (κ3) is 18.4. The van der Waals surface area contributed by atoms with Crippen LogP contribution in [-0.2, 0) is 19.1 Å². The number of hydrogen-bond acceptors (Lipinski definition) is 9. The minimum Gasteiger partial charge on any atom is -0.471 e. The van der Waals surface area contributed by atoms with Crippen LogP contribution in [0.1, 0.15) is 100.0 Å². The van der Waals surface area contributed by atoms with Crippen molar-refractivity contribution >= 4 is 35.6 Å². The first kappa shape index (κ1) is 56.0. The van der Waals surface area contributed by atoms with E-state index in [0.29, 0.717) is 56.7 Å². The smallest absolute Gasteiger partial charge is 0.471 e. The van der Waals surface area contributed by atoms with E-state index in [4.69, 9.17) is 4.79 Å². The fourth-order valence-corrected chi connectivity index (χ4v) is 7.65. The van der Waals surface area contributed by atoms with Gasteiger partial charge in [0.1, 0.15) is 5.75 Å². The largest absolute Gasteiger partial charge is 0.573 e. The third-order valence-corrected chi connectivity index (χ3v) is 10.8. The molecular formula is C49H76F3N7O6. The number of ether oxygens (including phenoxy) is 2. The van der Waals surface area contributed by atoms with Crippen LogP contribution >= 0.6 is 0 Å². The molecule has 0 aromatic heterocycles. The van der Waals surface area contributed by atoms with E-state index >= 15 is 0 Å². The number of nitrogens with one attached hydrogen (secondary N) is 3. The number of allylic oxidation sites excluding steroid dienone is 1. The van der Waals surface area contributed by atoms with E-state index in [-0.39, 0.29) is 35.7 Å². The normalized spacial score (nSPS) is 18.1. The Labute approximate surface area is 386 Å². The lowest BCUT2D eigenvalue weighted by atomic mass is 9.92. The predicted molar refractivity (Wildman–Crippen MR) is 254 cm³/mol. The van der Waals surface area contributed by atoms with Crippen LogP contribution in [0, 0.1) is 11.3 Å². The second-order valence-corrected chi connectivity index (χ2v) is 17.7. The number of piperidine rings is 1. The number of hydrogen-bond donors (Lipinski definition) is 3. The number of likely N-dealkylation sites (tertiary alicyclic amines) is 2. The summed E-state index contributed by atoms with van der Waals surface area (Å²) in [6.07, 6.45) is 1.96. The van der Waals surface area contributed by atoms with Crippen LogP contribution in [0.5, 0.6) is 5.75 Å². The average molecular weight is 916 g/mol. The molecule has 65 heavy (non-hydrogen) atoms. The lowest BCUT2D eigenvalue weighted by Gasteiger charge is -2.43. The first-order valence-electron chi connectivity index (χ1n) is 22.8. The molecule has 0 bridgehead atoms. The lowest BCUT2D eigenvalue weighted by Crippen LogP contribution is -2.56. The van der Waals surface area contributed by atoms with E-state index < -0.39 is 23.6 Å². The quantitative estimate of drug-likeness (QED) is 0.189. The molecule has 2 atom stereocenters. The summed E-state index contributed by atoms with van der Waals surface area (Å²) in [4.78, 5) is 55.3. The Morgan fingerprint density at radius 1 is 0.892 bits per heavy atom. The molecule has 0 aliphatic carbocycles. The first-order chi connectivity index (χ1) is 30.7. The zero-order valence-corrected chi connectivity index (χ0v) is 40.7. The van der Waals surface area contributed by atoms with E-state index in [1.54, 1.807) is 30.1 Å². The molecule has 3 heterocycles. The molecule has 0 spiro atoms. The van der Waals surface area contributed by atoms with Crippen LogP contribution in [0.4, 0.5) is 23.7 Å². The van der Waals surface area contributed by atoms with Gasteiger partial charge in [0, 0.05) is 86.5 Å². The monoisotopic (exact) mass is 916 g/mol. The van der Waals surface area contributed by atoms with Crippen molar-refractivity contribution in [2.45, 2.75) is 113 Å². The molecule has 3 aliphatic heterocycles. The minimum atomic E-state index is -4.94. The number of nitrogens with zero attached hydrogens (tertiary/aromatic N) is 4. The summed E-state index contributed by atoms with van der Waals surface area (Å²) in [7, 11) is 3.05. The molecule has 2 unspecified atom stereocenters. The third-order valence-electron chi connectivity index (χ3n) is 10.8. The van der Waals surface area contributed by atoms with Crippen molar-refractivity contribution in [1.82, 2.24) is 30.2 Å². The average Bonchev–Trinajstić information content (AvgIpc) is 3.67. The van der Waals surface area contributed by atoms with Gasteiger partial charge in [0.2, 0.25) is 11.8 Å². The molecule has 3 aliphatic rings. The SMILES string of the molecule is C=C(N/C=C(\C)c1ccc(-c2ccc(NC(=O)N3CCN(C4CCN(C(=O)C(C)(C)C)CC4)CC3)cc2OC(F)(F)F)cc1)C1CC(C)CN1C(=O)CNC.CCC.CCC.COC=O. The highest BCUT2D eigenvalue weighted by Crippen LogP contribution is 2.37. The number of methoxy groups -OCH3 is 1. The molecule has 16 heteroatoms. The lowest BCUT2D eigenvalue weighted by molar-refractivity contribution is -0.274. The van der Waals surface area contributed by atoms with Crippen molar-refractivity contribution in [1.29, 1.82) is 0 Å². The van der Waals surface area contributed by atoms with Crippen LogP contribution in [-0.4, -0.2) is 129 Å². The van der Waals surface area contributed by atoms with E-state index in [2.05, 4.69) is 71.5 Å². The molecule has 3 fully saturated rings. The molecule has 0 saturated carbocycles. The Kier molecular flexibility index (Phi) is 23.6. The van der Waals surface area contributed by atoms with Gasteiger partial charge in [0.15, 0.2) is 0 Å². The topological polar surface area (TPSA) is 136 Å². The van der Waals surface area contributed by atoms with Gasteiger partial charge in [-0.1, -0.05) is 99.1 Å². The van der Waals surface area contributed by atoms with Crippen molar-refractivity contribution in [2.75, 3.05) is 71.8 Å². The highest BCUT2D eigenvalue weighted by atomic mass is 19.4. The Hall–Kier alpha value is -5.09. The summed E-state index contributed by atoms with van der Waals surface area (Å²) in [5.74, 6) is 0.119. The number of anilines is 1. The molecule has 364 valence electrons. The summed E-state index contributed by atoms with van der Waals surface area (Å²) >= 11 is 0. The van der Waals surface area contributed by atoms with E-state index in [9.17, 15) is 27.6 Å². The number of carbonyl (C=O) groups excluding carboxylic acids is 4. The summed E-state index contributed by atoms with van der Waals surface area (Å²) in [5, 5.41) is 8.93. The maximum absolute atomic E-state index is 13.6. The number of rotatable bonds is 11. The summed E-state index contributed by atoms with van der Waals surface area (Å²) in [5.41, 5.74) is 2.95. The van der Waals surface area contributed by atoms with Gasteiger partial charge < -0.3 is 40.1 Å². The van der Waals surface area contributed by atoms with Crippen LogP contribution < -0.4 is 20.7 Å². The molecular weight excluding hydrogens is 840 g/mol. The van der Waals surface area contributed by atoms with E-state index in [1.807, 2.05) is 55.8 Å². The van der Waals surface area contributed by atoms with Crippen molar-refractivity contribution in [3.63, 3.8) is 0 Å². The second-order valence-electron chi connectivity index (χ2n) is 17.7. The van der Waals surface area contributed by atoms with Gasteiger partial charge in [0.05, 0.1) is 19.7 Å². The number of alkyl halides is 3. The van der Waals surface area contributed by atoms with Gasteiger partial charge in [-0.3, -0.25) is 19.3 Å². The van der Waals surface area contributed by atoms with Crippen molar-refractivity contribution in [2.24, 2.45) is 11.3 Å². The number of piperazine rings is 1. The van der Waals surface area contributed by atoms with Crippen LogP contribution in [0.2, 0.25) is 0 Å². The molecule has 5 rings (SSSR count). The number of carbonyl (C=O) groups is 4. The molecule has 4 amide bonds. The van der Waals surface area contributed by atoms with Crippen LogP contribution in [0.25, 0.3) is 16.7 Å². The van der Waals surface area contributed by atoms with Crippen molar-refractivity contribution in [3.8, 4) is 16.9 Å². The standard InChI is InChI=1S/C41H56F3N7O4.2C3H8.C2H4O2/c1-27-22-35(51(26-27)37(52)25-45-7)29(3)46-24-28(2)30-8-10-31(11-9-30)34-13-12-32(23-36(34)55-41(42,43)44)47-39(54)50-20-18-48(19-21-50)33-14-16-49(17-15-33)38(53)40(4,5)6;2*1-3-2;1-4-2-3/h8-13,23-24,27,33,35,45-46H,3,14-22,25-26H2,1-2,4-7H3,(H,47,54);2*3H2,1-2H3;2H,1H3/b28-24+;;;. The van der Waals surface area contributed by atoms with Crippen LogP contribution in [0.15, 0.2) is 60.9 Å². The van der Waals surface area contributed by atoms with E-state index in [1.165, 1.54) is 32.1 Å². The highest BCUT2D eigenvalue weighted by Gasteiger charge is 2.36. The van der Waals surface area contributed by atoms with Gasteiger partial charge >= 0.3 is 12.4 Å². The molecule has 3 N–H and O–H groups in total. The maximum Gasteiger partial charge on any atom is 0.573 e. The number of halogens is 3. The minimum absolute atomic E-state index is 0.0222. The second kappa shape index (κ2) is 27.4. The Morgan fingerprint density at radius 2 is 1.46 bits per heavy atom. The van der Waals surface area contributed by atoms with Gasteiger partial charge in [-0.25, -0.2) is 4.79 Å². The van der Waals surface area contributed by atoms with Gasteiger partial charge in [-0.05, 0) is 68.0 Å². The number of amides is 4. The number of benzene rings is 2. The zero-order chi connectivity index (χ0) is 48.9. The Bertz CT molecular complexity index is 1830. The fraction of sp³-hybridized carbons (Fsp3) is 0.592. The number of urea groups is 1. The van der Waals surface area contributed by atoms with E-state index in [0.717, 1.165) is 49.2 Å². The summed E-state index contributed by atoms with van der Waals surface area (Å²) < 4.78 is 49.1. The fourth-order valence-electron chi connectivity index (χ4n) is 7.65. The highest BCUT2D eigenvalue weighted by molar-refractivity contribution is 5.90. The number of likely N-dealkylation sites (N-methyl/N-ethyl adjacent to an activating group) is 1. The Morgan fingerprint density at radius 3 is 1.97 bits per heavy atom. The zero-order valence-electron chi connectivity index (χ0n) is 40.7. The Balaban J connectivity index is 0.00000132.